The largest absolute Gasteiger partial charge is 0.381 e. The molecule has 0 amide bonds. The normalized spacial score (nSPS) is 21.4. The molecule has 0 fully saturated rings. The number of hydrogen-bond acceptors (Lipinski definition) is 6. The highest BCUT2D eigenvalue weighted by atomic mass is 15.3. The Labute approximate surface area is 276 Å². The van der Waals surface area contributed by atoms with Gasteiger partial charge in [-0.3, -0.25) is 5.32 Å². The van der Waals surface area contributed by atoms with Gasteiger partial charge in [-0.15, -0.1) is 0 Å². The molecule has 47 heavy (non-hydrogen) atoms. The second-order valence-electron chi connectivity index (χ2n) is 12.3. The summed E-state index contributed by atoms with van der Waals surface area (Å²) in [7, 11) is 2.13. The van der Waals surface area contributed by atoms with Crippen molar-refractivity contribution >= 4 is 28.9 Å². The summed E-state index contributed by atoms with van der Waals surface area (Å²) in [5, 5.41) is 14.5. The van der Waals surface area contributed by atoms with Crippen LogP contribution >= 0.6 is 0 Å². The Kier molecular flexibility index (Phi) is 7.77. The number of amidine groups is 1. The smallest absolute Gasteiger partial charge is 0.131 e. The Morgan fingerprint density at radius 1 is 0.766 bits per heavy atom. The summed E-state index contributed by atoms with van der Waals surface area (Å²) in [6, 6.07) is 34.6. The van der Waals surface area contributed by atoms with E-state index in [1.165, 1.54) is 44.8 Å². The number of nitrogens with one attached hydrogen (secondary N) is 4. The Morgan fingerprint density at radius 2 is 1.57 bits per heavy atom. The summed E-state index contributed by atoms with van der Waals surface area (Å²) >= 11 is 0. The number of fused-ring (bicyclic) bond motifs is 1. The zero-order valence-electron chi connectivity index (χ0n) is 26.4. The van der Waals surface area contributed by atoms with Crippen molar-refractivity contribution in [3.05, 3.63) is 179 Å². The van der Waals surface area contributed by atoms with Crippen LogP contribution in [0.4, 0.5) is 5.69 Å². The molecule has 4 aliphatic rings. The van der Waals surface area contributed by atoms with Gasteiger partial charge in [-0.1, -0.05) is 134 Å². The average molecular weight is 615 g/mol. The lowest BCUT2D eigenvalue weighted by molar-refractivity contribution is 0.409. The predicted molar refractivity (Wildman–Crippen MR) is 194 cm³/mol. The van der Waals surface area contributed by atoms with Gasteiger partial charge in [-0.25, -0.2) is 4.99 Å². The Balaban J connectivity index is 1.03. The highest BCUT2D eigenvalue weighted by Crippen LogP contribution is 2.34. The molecule has 4 aromatic rings. The molecule has 3 unspecified atom stereocenters. The first-order valence-electron chi connectivity index (χ1n) is 16.3. The highest BCUT2D eigenvalue weighted by molar-refractivity contribution is 5.99. The summed E-state index contributed by atoms with van der Waals surface area (Å²) in [6.45, 7) is 1.77. The summed E-state index contributed by atoms with van der Waals surface area (Å²) in [4.78, 5) is 7.45. The molecule has 4 N–H and O–H groups in total. The number of allylic oxidation sites excluding steroid dienone is 4. The zero-order valence-corrected chi connectivity index (χ0v) is 26.4. The standard InChI is InChI=1S/C41H38N6/c1-47-26-6-5-14-37(47)29-17-21-33(22-18-29)41-45-39(31-9-3-2-4-10-31)44-40(46-41)32-19-15-28(16-20-32)36-24-23-34(27-43-36)35-13-7-11-30-12-8-25-42-38(30)35/h2-24,27,36,39-40,42-44H,25-26H2,1H3,(H,45,46). The SMILES string of the molecule is CN1CC=CC=C1c1ccc(C2=NC(c3ccc(C4C=CC(c5cccc6c5NCC=C6)=CN4)cc3)NC(c3ccccc3)N2)cc1. The molecular formula is C41H38N6. The van der Waals surface area contributed by atoms with Crippen LogP contribution in [0, 0.1) is 0 Å². The van der Waals surface area contributed by atoms with Crippen LogP contribution < -0.4 is 21.3 Å². The van der Waals surface area contributed by atoms with Gasteiger partial charge in [-0.05, 0) is 39.5 Å². The predicted octanol–water partition coefficient (Wildman–Crippen LogP) is 7.55. The Morgan fingerprint density at radius 3 is 2.36 bits per heavy atom. The third-order valence-electron chi connectivity index (χ3n) is 9.23. The van der Waals surface area contributed by atoms with E-state index in [0.717, 1.165) is 30.1 Å². The first kappa shape index (κ1) is 28.9. The monoisotopic (exact) mass is 614 g/mol. The molecule has 4 heterocycles. The molecule has 0 radical (unpaired) electrons. The van der Waals surface area contributed by atoms with Crippen LogP contribution in [0.25, 0.3) is 17.3 Å². The molecule has 8 rings (SSSR count). The number of aliphatic imine (C=N–C) groups is 1. The zero-order chi connectivity index (χ0) is 31.6. The molecule has 4 aliphatic heterocycles. The summed E-state index contributed by atoms with van der Waals surface area (Å²) < 4.78 is 0. The van der Waals surface area contributed by atoms with Gasteiger partial charge in [-0.2, -0.15) is 0 Å². The number of anilines is 1. The number of rotatable bonds is 6. The topological polar surface area (TPSA) is 63.7 Å². The van der Waals surface area contributed by atoms with Crippen molar-refractivity contribution in [3.63, 3.8) is 0 Å². The fourth-order valence-corrected chi connectivity index (χ4v) is 6.65. The van der Waals surface area contributed by atoms with Crippen molar-refractivity contribution in [3.8, 4) is 0 Å². The van der Waals surface area contributed by atoms with E-state index in [0.29, 0.717) is 0 Å². The van der Waals surface area contributed by atoms with Gasteiger partial charge >= 0.3 is 0 Å². The highest BCUT2D eigenvalue weighted by Gasteiger charge is 2.26. The fraction of sp³-hybridized carbons (Fsp3) is 0.146. The quantitative estimate of drug-likeness (QED) is 0.181. The molecule has 0 aromatic heterocycles. The molecule has 3 atom stereocenters. The van der Waals surface area contributed by atoms with Crippen LogP contribution in [0.3, 0.4) is 0 Å². The van der Waals surface area contributed by atoms with E-state index in [4.69, 9.17) is 4.99 Å². The van der Waals surface area contributed by atoms with Crippen LogP contribution in [0.5, 0.6) is 0 Å². The van der Waals surface area contributed by atoms with Gasteiger partial charge in [0, 0.05) is 48.8 Å². The van der Waals surface area contributed by atoms with E-state index in [1.54, 1.807) is 0 Å². The maximum Gasteiger partial charge on any atom is 0.131 e. The lowest BCUT2D eigenvalue weighted by Gasteiger charge is -2.32. The van der Waals surface area contributed by atoms with E-state index in [2.05, 4.69) is 179 Å². The molecule has 4 aromatic carbocycles. The third-order valence-corrected chi connectivity index (χ3v) is 9.23. The summed E-state index contributed by atoms with van der Waals surface area (Å²) in [5.74, 6) is 0.881. The van der Waals surface area contributed by atoms with Gasteiger partial charge in [0.15, 0.2) is 0 Å². The minimum atomic E-state index is -0.199. The number of para-hydroxylation sites is 1. The van der Waals surface area contributed by atoms with Crippen molar-refractivity contribution in [2.75, 3.05) is 25.5 Å². The molecule has 0 aliphatic carbocycles. The Bertz CT molecular complexity index is 1950. The second kappa shape index (κ2) is 12.7. The molecule has 0 spiro atoms. The maximum atomic E-state index is 5.18. The van der Waals surface area contributed by atoms with E-state index in [9.17, 15) is 0 Å². The van der Waals surface area contributed by atoms with Crippen LogP contribution in [0.15, 0.2) is 145 Å². The molecule has 0 saturated carbocycles. The van der Waals surface area contributed by atoms with E-state index >= 15 is 0 Å². The van der Waals surface area contributed by atoms with Crippen LogP contribution in [-0.4, -0.2) is 30.9 Å². The van der Waals surface area contributed by atoms with Crippen molar-refractivity contribution in [2.24, 2.45) is 4.99 Å². The first-order valence-corrected chi connectivity index (χ1v) is 16.3. The molecule has 232 valence electrons. The third kappa shape index (κ3) is 5.91. The second-order valence-corrected chi connectivity index (χ2v) is 12.3. The van der Waals surface area contributed by atoms with E-state index in [-0.39, 0.29) is 18.4 Å². The number of dihydropyridines is 1. The molecule has 6 heteroatoms. The average Bonchev–Trinajstić information content (AvgIpc) is 3.15. The number of benzene rings is 4. The van der Waals surface area contributed by atoms with Gasteiger partial charge in [0.2, 0.25) is 0 Å². The van der Waals surface area contributed by atoms with Crippen molar-refractivity contribution < 1.29 is 0 Å². The maximum absolute atomic E-state index is 5.18. The number of nitrogens with zero attached hydrogens (tertiary/aromatic N) is 2. The number of likely N-dealkylation sites (N-methyl/N-ethyl adjacent to an activating group) is 1. The van der Waals surface area contributed by atoms with Crippen molar-refractivity contribution in [1.29, 1.82) is 0 Å². The lowest BCUT2D eigenvalue weighted by Crippen LogP contribution is -2.44. The van der Waals surface area contributed by atoms with Gasteiger partial charge in [0.25, 0.3) is 0 Å². The van der Waals surface area contributed by atoms with Gasteiger partial charge in [0.05, 0.1) is 6.04 Å². The molecule has 0 saturated heterocycles. The van der Waals surface area contributed by atoms with E-state index in [1.807, 2.05) is 0 Å². The molecule has 6 nitrogen and oxygen atoms in total. The number of hydrogen-bond donors (Lipinski definition) is 4. The van der Waals surface area contributed by atoms with Crippen LogP contribution in [0.1, 0.15) is 57.3 Å². The summed E-state index contributed by atoms with van der Waals surface area (Å²) in [6.07, 6.45) is 17.1. The van der Waals surface area contributed by atoms with Gasteiger partial charge < -0.3 is 20.9 Å². The van der Waals surface area contributed by atoms with Gasteiger partial charge in [0.1, 0.15) is 18.2 Å². The molecular weight excluding hydrogens is 576 g/mol. The van der Waals surface area contributed by atoms with Crippen molar-refractivity contribution in [2.45, 2.75) is 18.4 Å². The minimum absolute atomic E-state index is 0.0782. The lowest BCUT2D eigenvalue weighted by atomic mass is 9.95. The van der Waals surface area contributed by atoms with Crippen LogP contribution in [-0.2, 0) is 0 Å². The molecule has 0 bridgehead atoms. The minimum Gasteiger partial charge on any atom is -0.381 e. The van der Waals surface area contributed by atoms with E-state index < -0.39 is 0 Å². The Hall–Kier alpha value is -5.59. The first-order chi connectivity index (χ1) is 23.2. The van der Waals surface area contributed by atoms with Crippen molar-refractivity contribution in [1.82, 2.24) is 20.9 Å². The fourth-order valence-electron chi connectivity index (χ4n) is 6.65. The van der Waals surface area contributed by atoms with Crippen LogP contribution in [0.2, 0.25) is 0 Å². The summed E-state index contributed by atoms with van der Waals surface area (Å²) in [5.41, 5.74) is 11.8.